The first-order chi connectivity index (χ1) is 12.0. The number of hydrogen-bond donors (Lipinski definition) is 0. The normalized spacial score (nSPS) is 11.4. The molecule has 2 heterocycles. The first kappa shape index (κ1) is 15.6. The molecule has 0 fully saturated rings. The van der Waals surface area contributed by atoms with Crippen molar-refractivity contribution in [1.29, 1.82) is 0 Å². The van der Waals surface area contributed by atoms with Crippen molar-refractivity contribution in [3.05, 3.63) is 59.2 Å². The molecule has 4 nitrogen and oxygen atoms in total. The van der Waals surface area contributed by atoms with Crippen LogP contribution in [0.1, 0.15) is 17.0 Å². The lowest BCUT2D eigenvalue weighted by Gasteiger charge is -2.11. The van der Waals surface area contributed by atoms with E-state index < -0.39 is 0 Å². The minimum atomic E-state index is -0.237. The SMILES string of the molecule is COc1ccc2nc(C)c3c(C)nc(-c4cccc(F)c4C)n3c2c1. The molecule has 4 rings (SSSR count). The van der Waals surface area contributed by atoms with E-state index in [9.17, 15) is 4.39 Å². The van der Waals surface area contributed by atoms with Gasteiger partial charge in [0.1, 0.15) is 17.4 Å². The maximum Gasteiger partial charge on any atom is 0.145 e. The van der Waals surface area contributed by atoms with Crippen LogP contribution in [0.2, 0.25) is 0 Å². The van der Waals surface area contributed by atoms with E-state index in [0.717, 1.165) is 39.3 Å². The fraction of sp³-hybridized carbons (Fsp3) is 0.200. The fourth-order valence-electron chi connectivity index (χ4n) is 3.36. The van der Waals surface area contributed by atoms with E-state index in [-0.39, 0.29) is 5.82 Å². The van der Waals surface area contributed by atoms with E-state index in [1.54, 1.807) is 20.1 Å². The maximum atomic E-state index is 14.1. The molecule has 0 N–H and O–H groups in total. The van der Waals surface area contributed by atoms with Crippen molar-refractivity contribution in [2.45, 2.75) is 20.8 Å². The number of ether oxygens (including phenoxy) is 1. The summed E-state index contributed by atoms with van der Waals surface area (Å²) in [6.07, 6.45) is 0. The third-order valence-electron chi connectivity index (χ3n) is 4.61. The molecule has 4 aromatic rings. The maximum absolute atomic E-state index is 14.1. The van der Waals surface area contributed by atoms with Crippen LogP contribution in [0.5, 0.6) is 5.75 Å². The van der Waals surface area contributed by atoms with Crippen LogP contribution in [0.4, 0.5) is 4.39 Å². The number of nitrogens with zero attached hydrogens (tertiary/aromatic N) is 3. The van der Waals surface area contributed by atoms with Crippen LogP contribution in [-0.2, 0) is 0 Å². The molecule has 0 aliphatic carbocycles. The highest BCUT2D eigenvalue weighted by Gasteiger charge is 2.18. The molecule has 126 valence electrons. The van der Waals surface area contributed by atoms with Gasteiger partial charge in [-0.2, -0.15) is 0 Å². The van der Waals surface area contributed by atoms with Gasteiger partial charge in [0.2, 0.25) is 0 Å². The quantitative estimate of drug-likeness (QED) is 0.536. The summed E-state index contributed by atoms with van der Waals surface area (Å²) in [7, 11) is 1.64. The number of aryl methyl sites for hydroxylation is 2. The van der Waals surface area contributed by atoms with Crippen molar-refractivity contribution in [2.24, 2.45) is 0 Å². The molecular formula is C20H18FN3O. The largest absolute Gasteiger partial charge is 0.497 e. The third-order valence-corrected chi connectivity index (χ3v) is 4.61. The molecule has 0 atom stereocenters. The van der Waals surface area contributed by atoms with Gasteiger partial charge in [0, 0.05) is 11.6 Å². The Morgan fingerprint density at radius 2 is 1.76 bits per heavy atom. The summed E-state index contributed by atoms with van der Waals surface area (Å²) >= 11 is 0. The van der Waals surface area contributed by atoms with Gasteiger partial charge in [-0.15, -0.1) is 0 Å². The van der Waals surface area contributed by atoms with Crippen molar-refractivity contribution in [3.8, 4) is 17.1 Å². The Morgan fingerprint density at radius 3 is 2.52 bits per heavy atom. The zero-order valence-corrected chi connectivity index (χ0v) is 14.6. The van der Waals surface area contributed by atoms with Crippen molar-refractivity contribution in [2.75, 3.05) is 7.11 Å². The molecule has 0 aliphatic rings. The minimum absolute atomic E-state index is 0.237. The average Bonchev–Trinajstić information content (AvgIpc) is 2.95. The van der Waals surface area contributed by atoms with E-state index >= 15 is 0 Å². The van der Waals surface area contributed by atoms with Gasteiger partial charge in [0.25, 0.3) is 0 Å². The van der Waals surface area contributed by atoms with Gasteiger partial charge in [-0.1, -0.05) is 12.1 Å². The molecule has 25 heavy (non-hydrogen) atoms. The van der Waals surface area contributed by atoms with E-state index in [2.05, 4.69) is 4.40 Å². The van der Waals surface area contributed by atoms with Crippen LogP contribution < -0.4 is 4.74 Å². The standard InChI is InChI=1S/C20H18FN3O/c1-11-15(6-5-7-16(11)21)20-23-13(3)19-12(2)22-17-9-8-14(25-4)10-18(17)24(19)20/h5-10H,1-4H3. The second-order valence-corrected chi connectivity index (χ2v) is 6.17. The monoisotopic (exact) mass is 335 g/mol. The second kappa shape index (κ2) is 5.55. The summed E-state index contributed by atoms with van der Waals surface area (Å²) < 4.78 is 21.5. The Kier molecular flexibility index (Phi) is 3.46. The lowest BCUT2D eigenvalue weighted by molar-refractivity contribution is 0.415. The van der Waals surface area contributed by atoms with E-state index in [0.29, 0.717) is 11.4 Å². The van der Waals surface area contributed by atoms with Crippen molar-refractivity contribution >= 4 is 16.6 Å². The third kappa shape index (κ3) is 2.27. The van der Waals surface area contributed by atoms with Crippen LogP contribution in [0.15, 0.2) is 36.4 Å². The highest BCUT2D eigenvalue weighted by atomic mass is 19.1. The lowest BCUT2D eigenvalue weighted by Crippen LogP contribution is -1.99. The number of aromatic nitrogens is 3. The molecule has 0 spiro atoms. The zero-order valence-electron chi connectivity index (χ0n) is 14.6. The highest BCUT2D eigenvalue weighted by molar-refractivity contribution is 5.85. The van der Waals surface area contributed by atoms with Crippen LogP contribution in [-0.4, -0.2) is 21.5 Å². The first-order valence-electron chi connectivity index (χ1n) is 8.10. The fourth-order valence-corrected chi connectivity index (χ4v) is 3.36. The zero-order chi connectivity index (χ0) is 17.7. The van der Waals surface area contributed by atoms with E-state index in [4.69, 9.17) is 14.7 Å². The first-order valence-corrected chi connectivity index (χ1v) is 8.10. The molecule has 0 amide bonds. The van der Waals surface area contributed by atoms with Crippen LogP contribution in [0.25, 0.3) is 27.9 Å². The highest BCUT2D eigenvalue weighted by Crippen LogP contribution is 2.31. The summed E-state index contributed by atoms with van der Waals surface area (Å²) in [6.45, 7) is 5.70. The van der Waals surface area contributed by atoms with E-state index in [1.165, 1.54) is 6.07 Å². The van der Waals surface area contributed by atoms with Gasteiger partial charge < -0.3 is 4.74 Å². The number of rotatable bonds is 2. The van der Waals surface area contributed by atoms with Gasteiger partial charge in [-0.25, -0.2) is 14.4 Å². The molecular weight excluding hydrogens is 317 g/mol. The van der Waals surface area contributed by atoms with Crippen LogP contribution in [0, 0.1) is 26.6 Å². The topological polar surface area (TPSA) is 39.4 Å². The van der Waals surface area contributed by atoms with Crippen LogP contribution >= 0.6 is 0 Å². The van der Waals surface area contributed by atoms with Gasteiger partial charge in [0.05, 0.1) is 35.0 Å². The smallest absolute Gasteiger partial charge is 0.145 e. The Labute approximate surface area is 144 Å². The number of benzene rings is 2. The molecule has 2 aromatic carbocycles. The lowest BCUT2D eigenvalue weighted by atomic mass is 10.1. The molecule has 0 bridgehead atoms. The van der Waals surface area contributed by atoms with Crippen molar-refractivity contribution in [1.82, 2.24) is 14.4 Å². The Bertz CT molecular complexity index is 1130. The molecule has 2 aromatic heterocycles. The van der Waals surface area contributed by atoms with Crippen molar-refractivity contribution in [3.63, 3.8) is 0 Å². The number of hydrogen-bond acceptors (Lipinski definition) is 3. The molecule has 0 unspecified atom stereocenters. The van der Waals surface area contributed by atoms with Gasteiger partial charge in [-0.05, 0) is 44.5 Å². The summed E-state index contributed by atoms with van der Waals surface area (Å²) in [5, 5.41) is 0. The number of fused-ring (bicyclic) bond motifs is 3. The molecule has 0 aliphatic heterocycles. The summed E-state index contributed by atoms with van der Waals surface area (Å²) in [5.74, 6) is 1.22. The molecule has 0 saturated carbocycles. The summed E-state index contributed by atoms with van der Waals surface area (Å²) in [6, 6.07) is 10.8. The number of halogens is 1. The van der Waals surface area contributed by atoms with Crippen LogP contribution in [0.3, 0.4) is 0 Å². The average molecular weight is 335 g/mol. The number of methoxy groups -OCH3 is 1. The van der Waals surface area contributed by atoms with Gasteiger partial charge >= 0.3 is 0 Å². The van der Waals surface area contributed by atoms with Gasteiger partial charge in [-0.3, -0.25) is 4.40 Å². The predicted octanol–water partition coefficient (Wildman–Crippen LogP) is 4.62. The van der Waals surface area contributed by atoms with Gasteiger partial charge in [0.15, 0.2) is 0 Å². The van der Waals surface area contributed by atoms with Crippen molar-refractivity contribution < 1.29 is 9.13 Å². The minimum Gasteiger partial charge on any atom is -0.497 e. The van der Waals surface area contributed by atoms with E-state index in [1.807, 2.05) is 38.1 Å². The summed E-state index contributed by atoms with van der Waals surface area (Å²) in [5.41, 5.74) is 5.80. The number of imidazole rings is 1. The molecule has 0 saturated heterocycles. The Hall–Kier alpha value is -2.95. The molecule has 0 radical (unpaired) electrons. The second-order valence-electron chi connectivity index (χ2n) is 6.17. The molecule has 5 heteroatoms. The Morgan fingerprint density at radius 1 is 1.00 bits per heavy atom. The Balaban J connectivity index is 2.20. The summed E-state index contributed by atoms with van der Waals surface area (Å²) in [4.78, 5) is 9.44. The predicted molar refractivity (Wildman–Crippen MR) is 96.7 cm³/mol.